The Bertz CT molecular complexity index is 214. The highest BCUT2D eigenvalue weighted by atomic mass is 16.7. The summed E-state index contributed by atoms with van der Waals surface area (Å²) in [5.41, 5.74) is 1.07. The lowest BCUT2D eigenvalue weighted by atomic mass is 10.2. The van der Waals surface area contributed by atoms with Gasteiger partial charge in [0.25, 0.3) is 0 Å². The van der Waals surface area contributed by atoms with Gasteiger partial charge in [-0.1, -0.05) is 30.3 Å². The van der Waals surface area contributed by atoms with Crippen LogP contribution in [0.5, 0.6) is 0 Å². The van der Waals surface area contributed by atoms with Crippen molar-refractivity contribution < 1.29 is 9.47 Å². The van der Waals surface area contributed by atoms with E-state index in [1.165, 1.54) is 0 Å². The average Bonchev–Trinajstić information content (AvgIpc) is 2.58. The Balaban J connectivity index is 2.16. The molecule has 1 aromatic rings. The number of hydrogen-bond acceptors (Lipinski definition) is 2. The van der Waals surface area contributed by atoms with Crippen molar-refractivity contribution in [1.29, 1.82) is 0 Å². The van der Waals surface area contributed by atoms with Gasteiger partial charge in [0.05, 0.1) is 6.61 Å². The lowest BCUT2D eigenvalue weighted by Gasteiger charge is -2.07. The third kappa shape index (κ3) is 1.42. The fourth-order valence-electron chi connectivity index (χ4n) is 1.08. The zero-order chi connectivity index (χ0) is 7.52. The van der Waals surface area contributed by atoms with E-state index in [2.05, 4.69) is 0 Å². The maximum absolute atomic E-state index is 5.26. The van der Waals surface area contributed by atoms with Crippen LogP contribution in [-0.4, -0.2) is 6.61 Å². The molecule has 1 unspecified atom stereocenters. The van der Waals surface area contributed by atoms with E-state index in [4.69, 9.17) is 9.47 Å². The van der Waals surface area contributed by atoms with Gasteiger partial charge in [0.1, 0.15) is 6.61 Å². The summed E-state index contributed by atoms with van der Waals surface area (Å²) < 4.78 is 10.5. The summed E-state index contributed by atoms with van der Waals surface area (Å²) in [6, 6.07) is 9.90. The Hall–Kier alpha value is -0.860. The lowest BCUT2D eigenvalue weighted by molar-refractivity contribution is -0.0355. The van der Waals surface area contributed by atoms with Crippen LogP contribution in [0.25, 0.3) is 0 Å². The second kappa shape index (κ2) is 3.03. The molecule has 2 heteroatoms. The van der Waals surface area contributed by atoms with Crippen molar-refractivity contribution in [2.75, 3.05) is 6.61 Å². The third-order valence-corrected chi connectivity index (χ3v) is 1.61. The molecule has 0 spiro atoms. The maximum Gasteiger partial charge on any atom is 0.184 e. The first-order chi connectivity index (χ1) is 5.47. The van der Waals surface area contributed by atoms with Crippen LogP contribution >= 0.6 is 0 Å². The van der Waals surface area contributed by atoms with Crippen LogP contribution in [0.1, 0.15) is 11.9 Å². The van der Waals surface area contributed by atoms with Crippen LogP contribution in [0.4, 0.5) is 0 Å². The second-order valence-corrected chi connectivity index (χ2v) is 2.38. The molecule has 57 valence electrons. The summed E-state index contributed by atoms with van der Waals surface area (Å²) in [5, 5.41) is 0. The molecule has 1 aliphatic heterocycles. The standard InChI is InChI=1S/C9H9O2/c1-2-4-8(5-3-1)9-10-6-7-11-9/h1-6,9H,7H2. The quantitative estimate of drug-likeness (QED) is 0.607. The Morgan fingerprint density at radius 3 is 2.64 bits per heavy atom. The van der Waals surface area contributed by atoms with Gasteiger partial charge >= 0.3 is 0 Å². The van der Waals surface area contributed by atoms with Gasteiger partial charge in [0.2, 0.25) is 0 Å². The van der Waals surface area contributed by atoms with Crippen LogP contribution < -0.4 is 0 Å². The minimum absolute atomic E-state index is 0.184. The third-order valence-electron chi connectivity index (χ3n) is 1.61. The maximum atomic E-state index is 5.26. The molecule has 0 saturated carbocycles. The molecule has 0 N–H and O–H groups in total. The normalized spacial score (nSPS) is 18.9. The van der Waals surface area contributed by atoms with Crippen LogP contribution in [0.15, 0.2) is 30.3 Å². The van der Waals surface area contributed by atoms with Crippen molar-refractivity contribution in [3.05, 3.63) is 42.5 Å². The highest BCUT2D eigenvalue weighted by Gasteiger charge is 2.17. The molecule has 2 rings (SSSR count). The van der Waals surface area contributed by atoms with E-state index in [0.717, 1.165) is 5.56 Å². The monoisotopic (exact) mass is 149 g/mol. The van der Waals surface area contributed by atoms with Gasteiger partial charge in [-0.15, -0.1) is 0 Å². The molecule has 2 nitrogen and oxygen atoms in total. The minimum atomic E-state index is -0.184. The van der Waals surface area contributed by atoms with Crippen molar-refractivity contribution in [3.63, 3.8) is 0 Å². The van der Waals surface area contributed by atoms with Crippen molar-refractivity contribution in [1.82, 2.24) is 0 Å². The smallest absolute Gasteiger partial charge is 0.184 e. The molecule has 0 aromatic heterocycles. The first kappa shape index (κ1) is 6.83. The first-order valence-electron chi connectivity index (χ1n) is 3.60. The van der Waals surface area contributed by atoms with E-state index in [9.17, 15) is 0 Å². The van der Waals surface area contributed by atoms with Crippen LogP contribution in [0, 0.1) is 6.61 Å². The number of hydrogen-bond donors (Lipinski definition) is 0. The molecule has 0 amide bonds. The van der Waals surface area contributed by atoms with E-state index in [0.29, 0.717) is 6.61 Å². The predicted molar refractivity (Wildman–Crippen MR) is 40.5 cm³/mol. The van der Waals surface area contributed by atoms with Crippen molar-refractivity contribution >= 4 is 0 Å². The van der Waals surface area contributed by atoms with Gasteiger partial charge in [0, 0.05) is 5.56 Å². The molecule has 1 aromatic carbocycles. The topological polar surface area (TPSA) is 18.5 Å². The Labute approximate surface area is 65.7 Å². The van der Waals surface area contributed by atoms with E-state index in [1.807, 2.05) is 30.3 Å². The summed E-state index contributed by atoms with van der Waals surface area (Å²) >= 11 is 0. The fraction of sp³-hybridized carbons (Fsp3) is 0.222. The number of ether oxygens (including phenoxy) is 2. The van der Waals surface area contributed by atoms with Crippen LogP contribution in [-0.2, 0) is 9.47 Å². The first-order valence-corrected chi connectivity index (χ1v) is 3.60. The molecule has 1 atom stereocenters. The van der Waals surface area contributed by atoms with Gasteiger partial charge < -0.3 is 9.47 Å². The molecular formula is C9H9O2. The molecular weight excluding hydrogens is 140 g/mol. The number of benzene rings is 1. The van der Waals surface area contributed by atoms with Gasteiger partial charge in [-0.3, -0.25) is 0 Å². The average molecular weight is 149 g/mol. The molecule has 11 heavy (non-hydrogen) atoms. The Morgan fingerprint density at radius 1 is 1.18 bits per heavy atom. The molecule has 1 saturated heterocycles. The zero-order valence-corrected chi connectivity index (χ0v) is 6.07. The summed E-state index contributed by atoms with van der Waals surface area (Å²) in [5.74, 6) is 0. The summed E-state index contributed by atoms with van der Waals surface area (Å²) in [6.45, 7) is 2.26. The molecule has 1 fully saturated rings. The van der Waals surface area contributed by atoms with Crippen molar-refractivity contribution in [3.8, 4) is 0 Å². The highest BCUT2D eigenvalue weighted by molar-refractivity contribution is 5.16. The SMILES string of the molecule is [CH]1COC(c2ccccc2)O1. The van der Waals surface area contributed by atoms with E-state index in [-0.39, 0.29) is 6.29 Å². The minimum Gasteiger partial charge on any atom is -0.346 e. The Kier molecular flexibility index (Phi) is 1.88. The molecule has 1 aliphatic rings. The van der Waals surface area contributed by atoms with E-state index < -0.39 is 0 Å². The van der Waals surface area contributed by atoms with Gasteiger partial charge in [-0.05, 0) is 0 Å². The molecule has 1 heterocycles. The van der Waals surface area contributed by atoms with Crippen LogP contribution in [0.3, 0.4) is 0 Å². The summed E-state index contributed by atoms with van der Waals surface area (Å²) in [6.07, 6.45) is -0.184. The van der Waals surface area contributed by atoms with Gasteiger partial charge in [-0.25, -0.2) is 0 Å². The summed E-state index contributed by atoms with van der Waals surface area (Å²) in [4.78, 5) is 0. The largest absolute Gasteiger partial charge is 0.346 e. The molecule has 0 aliphatic carbocycles. The molecule has 0 bridgehead atoms. The summed E-state index contributed by atoms with van der Waals surface area (Å²) in [7, 11) is 0. The van der Waals surface area contributed by atoms with Crippen molar-refractivity contribution in [2.45, 2.75) is 6.29 Å². The highest BCUT2D eigenvalue weighted by Crippen LogP contribution is 2.23. The van der Waals surface area contributed by atoms with Gasteiger partial charge in [-0.2, -0.15) is 0 Å². The van der Waals surface area contributed by atoms with Gasteiger partial charge in [0.15, 0.2) is 6.29 Å². The van der Waals surface area contributed by atoms with E-state index >= 15 is 0 Å². The lowest BCUT2D eigenvalue weighted by Crippen LogP contribution is -1.96. The van der Waals surface area contributed by atoms with Crippen LogP contribution in [0.2, 0.25) is 0 Å². The number of rotatable bonds is 1. The Morgan fingerprint density at radius 2 is 2.00 bits per heavy atom. The molecule has 1 radical (unpaired) electrons. The van der Waals surface area contributed by atoms with Crippen molar-refractivity contribution in [2.24, 2.45) is 0 Å². The zero-order valence-electron chi connectivity index (χ0n) is 6.07. The fourth-order valence-corrected chi connectivity index (χ4v) is 1.08. The second-order valence-electron chi connectivity index (χ2n) is 2.38. The predicted octanol–water partition coefficient (Wildman–Crippen LogP) is 1.89. The van der Waals surface area contributed by atoms with E-state index in [1.54, 1.807) is 6.61 Å².